The first-order valence-corrected chi connectivity index (χ1v) is 6.45. The summed E-state index contributed by atoms with van der Waals surface area (Å²) in [5.41, 5.74) is -3.16. The highest BCUT2D eigenvalue weighted by molar-refractivity contribution is 8.13. The molecule has 0 saturated carbocycles. The van der Waals surface area contributed by atoms with Gasteiger partial charge >= 0.3 is 0 Å². The maximum absolute atomic E-state index is 12.8. The number of nitrogens with zero attached hydrogens (tertiary/aromatic N) is 2. The topological polar surface area (TPSA) is 101 Å². The smallest absolute Gasteiger partial charge is 0.258 e. The second kappa shape index (κ2) is 4.83. The molecule has 0 aliphatic heterocycles. The highest BCUT2D eigenvalue weighted by atomic mass is 35.7. The maximum atomic E-state index is 12.8. The van der Waals surface area contributed by atoms with Crippen LogP contribution in [0, 0.1) is 21.4 Å². The highest BCUT2D eigenvalue weighted by Crippen LogP contribution is 2.37. The Labute approximate surface area is 104 Å². The van der Waals surface area contributed by atoms with Crippen molar-refractivity contribution in [2.45, 2.75) is 11.3 Å². The Bertz CT molecular complexity index is 654. The summed E-state index contributed by atoms with van der Waals surface area (Å²) >= 11 is 0. The van der Waals surface area contributed by atoms with Gasteiger partial charge in [0.2, 0.25) is 0 Å². The van der Waals surface area contributed by atoms with E-state index in [1.807, 2.05) is 0 Å². The average Bonchev–Trinajstić information content (AvgIpc) is 2.25. The van der Waals surface area contributed by atoms with Crippen LogP contribution in [-0.4, -0.2) is 13.3 Å². The Balaban J connectivity index is 3.90. The van der Waals surface area contributed by atoms with Crippen LogP contribution in [0.1, 0.15) is 17.6 Å². The van der Waals surface area contributed by atoms with Crippen molar-refractivity contribution in [3.8, 4) is 6.07 Å². The van der Waals surface area contributed by atoms with E-state index < -0.39 is 42.1 Å². The molecule has 18 heavy (non-hydrogen) atoms. The Hall–Kier alpha value is -1.79. The normalized spacial score (nSPS) is 11.3. The van der Waals surface area contributed by atoms with Gasteiger partial charge in [0.1, 0.15) is 16.5 Å². The largest absolute Gasteiger partial charge is 0.279 e. The third-order valence-corrected chi connectivity index (χ3v) is 3.34. The van der Waals surface area contributed by atoms with Gasteiger partial charge in [-0.1, -0.05) is 0 Å². The molecule has 0 radical (unpaired) electrons. The van der Waals surface area contributed by atoms with Crippen LogP contribution in [-0.2, 0) is 9.05 Å². The molecule has 0 amide bonds. The van der Waals surface area contributed by atoms with E-state index in [0.717, 1.165) is 6.07 Å². The predicted molar refractivity (Wildman–Crippen MR) is 55.8 cm³/mol. The molecule has 0 atom stereocenters. The van der Waals surface area contributed by atoms with Crippen molar-refractivity contribution in [3.05, 3.63) is 33.4 Å². The average molecular weight is 297 g/mol. The zero-order valence-electron chi connectivity index (χ0n) is 8.30. The predicted octanol–water partition coefficient (Wildman–Crippen LogP) is 2.33. The standard InChI is InChI=1S/C8H3ClF2N2O4S/c9-18(16,17)7-4(3-12)1-2-5(13(14)15)6(7)8(10)11/h1-2,8H. The lowest BCUT2D eigenvalue weighted by Crippen LogP contribution is -2.06. The molecule has 0 bridgehead atoms. The summed E-state index contributed by atoms with van der Waals surface area (Å²) in [5, 5.41) is 19.2. The summed E-state index contributed by atoms with van der Waals surface area (Å²) in [5.74, 6) is 0. The molecule has 1 rings (SSSR count). The van der Waals surface area contributed by atoms with E-state index in [9.17, 15) is 27.3 Å². The van der Waals surface area contributed by atoms with E-state index in [2.05, 4.69) is 0 Å². The Morgan fingerprint density at radius 3 is 2.33 bits per heavy atom. The van der Waals surface area contributed by atoms with Crippen LogP contribution in [0.4, 0.5) is 14.5 Å². The first kappa shape index (κ1) is 14.3. The van der Waals surface area contributed by atoms with E-state index in [1.165, 1.54) is 6.07 Å². The molecule has 0 aliphatic rings. The van der Waals surface area contributed by atoms with E-state index in [0.29, 0.717) is 6.07 Å². The summed E-state index contributed by atoms with van der Waals surface area (Å²) < 4.78 is 47.9. The molecular weight excluding hydrogens is 294 g/mol. The van der Waals surface area contributed by atoms with Crippen LogP contribution < -0.4 is 0 Å². The fraction of sp³-hybridized carbons (Fsp3) is 0.125. The minimum atomic E-state index is -4.71. The minimum absolute atomic E-state index is 0.631. The van der Waals surface area contributed by atoms with Gasteiger partial charge in [0.15, 0.2) is 0 Å². The minimum Gasteiger partial charge on any atom is -0.258 e. The van der Waals surface area contributed by atoms with Crippen LogP contribution in [0.3, 0.4) is 0 Å². The van der Waals surface area contributed by atoms with Crippen LogP contribution in [0.15, 0.2) is 17.0 Å². The van der Waals surface area contributed by atoms with Crippen molar-refractivity contribution in [3.63, 3.8) is 0 Å². The molecule has 0 saturated heterocycles. The number of hydrogen-bond donors (Lipinski definition) is 0. The van der Waals surface area contributed by atoms with Crippen LogP contribution in [0.2, 0.25) is 0 Å². The van der Waals surface area contributed by atoms with Crippen LogP contribution in [0.25, 0.3) is 0 Å². The van der Waals surface area contributed by atoms with Gasteiger partial charge in [-0.25, -0.2) is 17.2 Å². The molecule has 0 N–H and O–H groups in total. The van der Waals surface area contributed by atoms with Gasteiger partial charge in [-0.3, -0.25) is 10.1 Å². The van der Waals surface area contributed by atoms with E-state index in [4.69, 9.17) is 15.9 Å². The van der Waals surface area contributed by atoms with Gasteiger partial charge in [-0.15, -0.1) is 0 Å². The van der Waals surface area contributed by atoms with Gasteiger partial charge in [-0.2, -0.15) is 5.26 Å². The summed E-state index contributed by atoms with van der Waals surface area (Å²) in [6, 6.07) is 2.72. The quantitative estimate of drug-likeness (QED) is 0.484. The number of benzene rings is 1. The van der Waals surface area contributed by atoms with E-state index >= 15 is 0 Å². The van der Waals surface area contributed by atoms with Crippen molar-refractivity contribution in [2.24, 2.45) is 0 Å². The zero-order chi connectivity index (χ0) is 14.1. The monoisotopic (exact) mass is 296 g/mol. The fourth-order valence-corrected chi connectivity index (χ4v) is 2.64. The lowest BCUT2D eigenvalue weighted by molar-refractivity contribution is -0.386. The number of nitriles is 1. The van der Waals surface area contributed by atoms with E-state index in [1.54, 1.807) is 0 Å². The van der Waals surface area contributed by atoms with Crippen molar-refractivity contribution in [1.82, 2.24) is 0 Å². The second-order valence-corrected chi connectivity index (χ2v) is 5.49. The molecule has 0 aromatic heterocycles. The number of alkyl halides is 2. The molecule has 0 heterocycles. The van der Waals surface area contributed by atoms with Gasteiger partial charge in [0, 0.05) is 16.7 Å². The zero-order valence-corrected chi connectivity index (χ0v) is 9.87. The fourth-order valence-electron chi connectivity index (χ4n) is 1.31. The lowest BCUT2D eigenvalue weighted by atomic mass is 10.1. The molecule has 1 aromatic rings. The Kier molecular flexibility index (Phi) is 3.83. The number of halogens is 3. The van der Waals surface area contributed by atoms with Gasteiger partial charge in [0.05, 0.1) is 10.5 Å². The third kappa shape index (κ3) is 2.55. The van der Waals surface area contributed by atoms with Crippen molar-refractivity contribution >= 4 is 25.4 Å². The van der Waals surface area contributed by atoms with Crippen molar-refractivity contribution in [1.29, 1.82) is 5.26 Å². The molecule has 0 fully saturated rings. The van der Waals surface area contributed by atoms with Gasteiger partial charge in [-0.05, 0) is 6.07 Å². The SMILES string of the molecule is N#Cc1ccc([N+](=O)[O-])c(C(F)F)c1S(=O)(=O)Cl. The number of nitro groups is 1. The molecule has 1 aromatic carbocycles. The molecule has 0 aliphatic carbocycles. The second-order valence-electron chi connectivity index (χ2n) is 2.98. The summed E-state index contributed by atoms with van der Waals surface area (Å²) in [7, 11) is 0.222. The molecule has 0 unspecified atom stereocenters. The number of hydrogen-bond acceptors (Lipinski definition) is 5. The molecule has 96 valence electrons. The Morgan fingerprint density at radius 2 is 2.00 bits per heavy atom. The summed E-state index contributed by atoms with van der Waals surface area (Å²) in [6.45, 7) is 0. The molecule has 10 heteroatoms. The lowest BCUT2D eigenvalue weighted by Gasteiger charge is -2.08. The Morgan fingerprint density at radius 1 is 1.44 bits per heavy atom. The van der Waals surface area contributed by atoms with Crippen LogP contribution >= 0.6 is 10.7 Å². The molecule has 6 nitrogen and oxygen atoms in total. The first-order valence-electron chi connectivity index (χ1n) is 4.14. The number of nitro benzene ring substituents is 1. The van der Waals surface area contributed by atoms with Crippen molar-refractivity contribution in [2.75, 3.05) is 0 Å². The van der Waals surface area contributed by atoms with Crippen molar-refractivity contribution < 1.29 is 22.1 Å². The summed E-state index contributed by atoms with van der Waals surface area (Å²) in [4.78, 5) is 8.16. The van der Waals surface area contributed by atoms with Gasteiger partial charge in [0.25, 0.3) is 21.2 Å². The molecular formula is C8H3ClF2N2O4S. The molecule has 0 spiro atoms. The summed E-state index contributed by atoms with van der Waals surface area (Å²) in [6.07, 6.45) is -3.46. The highest BCUT2D eigenvalue weighted by Gasteiger charge is 2.33. The van der Waals surface area contributed by atoms with Crippen LogP contribution in [0.5, 0.6) is 0 Å². The maximum Gasteiger partial charge on any atom is 0.279 e. The van der Waals surface area contributed by atoms with Gasteiger partial charge < -0.3 is 0 Å². The third-order valence-electron chi connectivity index (χ3n) is 1.95. The number of rotatable bonds is 3. The first-order chi connectivity index (χ1) is 8.20. The van der Waals surface area contributed by atoms with E-state index in [-0.39, 0.29) is 0 Å².